The van der Waals surface area contributed by atoms with E-state index in [1.807, 2.05) is 6.07 Å². The molecule has 0 unspecified atom stereocenters. The number of nitrogens with zero attached hydrogens (tertiary/aromatic N) is 2. The van der Waals surface area contributed by atoms with Crippen LogP contribution in [-0.4, -0.2) is 39.6 Å². The standard InChI is InChI=1S/C17H16FN3O2S2.ClH/c18-12-2-1-3-13(10-12)25(22,23)16-11-14-15(24-16)4-5-20-17(14)21-8-6-19-7-9-21;/h1-5,10-11,19H,6-9H2;1H. The zero-order valence-electron chi connectivity index (χ0n) is 13.7. The summed E-state index contributed by atoms with van der Waals surface area (Å²) in [7, 11) is -3.75. The van der Waals surface area contributed by atoms with Gasteiger partial charge in [-0.1, -0.05) is 6.07 Å². The average Bonchev–Trinajstić information content (AvgIpc) is 3.07. The highest BCUT2D eigenvalue weighted by Crippen LogP contribution is 2.36. The van der Waals surface area contributed by atoms with Crippen LogP contribution in [0.5, 0.6) is 0 Å². The van der Waals surface area contributed by atoms with E-state index >= 15 is 0 Å². The molecule has 5 nitrogen and oxygen atoms in total. The van der Waals surface area contributed by atoms with E-state index in [0.29, 0.717) is 0 Å². The summed E-state index contributed by atoms with van der Waals surface area (Å²) in [5, 5.41) is 4.11. The summed E-state index contributed by atoms with van der Waals surface area (Å²) >= 11 is 1.19. The minimum Gasteiger partial charge on any atom is -0.354 e. The first kappa shape index (κ1) is 19.0. The highest BCUT2D eigenvalue weighted by molar-refractivity contribution is 7.93. The second-order valence-corrected chi connectivity index (χ2v) is 9.07. The molecule has 2 aromatic heterocycles. The monoisotopic (exact) mass is 413 g/mol. The summed E-state index contributed by atoms with van der Waals surface area (Å²) in [4.78, 5) is 6.59. The third-order valence-corrected chi connectivity index (χ3v) is 7.51. The first-order valence-electron chi connectivity index (χ1n) is 7.90. The van der Waals surface area contributed by atoms with Gasteiger partial charge in [0.2, 0.25) is 9.84 Å². The lowest BCUT2D eigenvalue weighted by Gasteiger charge is -2.28. The molecule has 1 N–H and O–H groups in total. The van der Waals surface area contributed by atoms with Crippen molar-refractivity contribution in [2.45, 2.75) is 9.10 Å². The van der Waals surface area contributed by atoms with Crippen LogP contribution in [0.3, 0.4) is 0 Å². The van der Waals surface area contributed by atoms with Gasteiger partial charge in [0, 0.05) is 42.5 Å². The molecule has 0 radical (unpaired) electrons. The van der Waals surface area contributed by atoms with E-state index in [2.05, 4.69) is 15.2 Å². The molecule has 0 bridgehead atoms. The van der Waals surface area contributed by atoms with Crippen molar-refractivity contribution >= 4 is 49.5 Å². The topological polar surface area (TPSA) is 62.3 Å². The van der Waals surface area contributed by atoms with Crippen LogP contribution in [-0.2, 0) is 9.84 Å². The van der Waals surface area contributed by atoms with E-state index in [4.69, 9.17) is 0 Å². The van der Waals surface area contributed by atoms with Gasteiger partial charge in [-0.05, 0) is 30.3 Å². The minimum absolute atomic E-state index is 0. The van der Waals surface area contributed by atoms with E-state index in [9.17, 15) is 12.8 Å². The van der Waals surface area contributed by atoms with Crippen LogP contribution in [0, 0.1) is 5.82 Å². The number of anilines is 1. The lowest BCUT2D eigenvalue weighted by atomic mass is 10.2. The smallest absolute Gasteiger partial charge is 0.216 e. The van der Waals surface area contributed by atoms with E-state index in [-0.39, 0.29) is 21.5 Å². The fraction of sp³-hybridized carbons (Fsp3) is 0.235. The van der Waals surface area contributed by atoms with E-state index in [1.165, 1.54) is 29.5 Å². The summed E-state index contributed by atoms with van der Waals surface area (Å²) in [5.41, 5.74) is 0. The molecular weight excluding hydrogens is 397 g/mol. The van der Waals surface area contributed by atoms with E-state index < -0.39 is 15.7 Å². The van der Waals surface area contributed by atoms with Gasteiger partial charge in [-0.2, -0.15) is 0 Å². The highest BCUT2D eigenvalue weighted by Gasteiger charge is 2.23. The number of hydrogen-bond acceptors (Lipinski definition) is 6. The molecule has 1 aliphatic heterocycles. The van der Waals surface area contributed by atoms with Crippen molar-refractivity contribution < 1.29 is 12.8 Å². The molecule has 138 valence electrons. The Morgan fingerprint density at radius 3 is 2.65 bits per heavy atom. The minimum atomic E-state index is -3.75. The number of aromatic nitrogens is 1. The molecule has 0 aliphatic carbocycles. The van der Waals surface area contributed by atoms with Gasteiger partial charge in [0.15, 0.2) is 0 Å². The molecule has 1 aromatic carbocycles. The highest BCUT2D eigenvalue weighted by atomic mass is 35.5. The van der Waals surface area contributed by atoms with Gasteiger partial charge in [0.05, 0.1) is 4.90 Å². The molecule has 26 heavy (non-hydrogen) atoms. The molecule has 0 amide bonds. The molecule has 1 fully saturated rings. The van der Waals surface area contributed by atoms with Crippen LogP contribution in [0.15, 0.2) is 51.7 Å². The zero-order chi connectivity index (χ0) is 17.4. The molecule has 3 aromatic rings. The fourth-order valence-corrected chi connectivity index (χ4v) is 5.75. The Hall–Kier alpha value is -1.74. The number of fused-ring (bicyclic) bond motifs is 1. The molecule has 0 saturated carbocycles. The summed E-state index contributed by atoms with van der Waals surface area (Å²) < 4.78 is 40.2. The number of benzene rings is 1. The maximum absolute atomic E-state index is 13.4. The Bertz CT molecular complexity index is 1030. The second-order valence-electron chi connectivity index (χ2n) is 5.81. The number of nitrogens with one attached hydrogen (secondary N) is 1. The summed E-state index contributed by atoms with van der Waals surface area (Å²) in [6.45, 7) is 3.40. The van der Waals surface area contributed by atoms with Crippen LogP contribution in [0.1, 0.15) is 0 Å². The SMILES string of the molecule is Cl.O=S(=O)(c1cccc(F)c1)c1cc2c(N3CCNCC3)nccc2s1. The molecular formula is C17H17ClFN3O2S2. The van der Waals surface area contributed by atoms with E-state index in [1.54, 1.807) is 12.3 Å². The van der Waals surface area contributed by atoms with Crippen molar-refractivity contribution in [3.63, 3.8) is 0 Å². The normalized spacial score (nSPS) is 15.0. The molecule has 3 heterocycles. The molecule has 0 spiro atoms. The summed E-state index contributed by atoms with van der Waals surface area (Å²) in [6.07, 6.45) is 1.70. The van der Waals surface area contributed by atoms with Gasteiger partial charge in [-0.15, -0.1) is 23.7 Å². The molecule has 4 rings (SSSR count). The van der Waals surface area contributed by atoms with Gasteiger partial charge in [0.1, 0.15) is 15.8 Å². The third kappa shape index (κ3) is 3.42. The largest absolute Gasteiger partial charge is 0.354 e. The van der Waals surface area contributed by atoms with Crippen molar-refractivity contribution in [2.75, 3.05) is 31.1 Å². The van der Waals surface area contributed by atoms with Crippen molar-refractivity contribution in [1.82, 2.24) is 10.3 Å². The number of halogens is 2. The second kappa shape index (κ2) is 7.48. The van der Waals surface area contributed by atoms with Crippen molar-refractivity contribution in [3.05, 3.63) is 48.4 Å². The maximum Gasteiger partial charge on any atom is 0.216 e. The van der Waals surface area contributed by atoms with Crippen LogP contribution < -0.4 is 10.2 Å². The van der Waals surface area contributed by atoms with Crippen LogP contribution >= 0.6 is 23.7 Å². The predicted molar refractivity (Wildman–Crippen MR) is 104 cm³/mol. The fourth-order valence-electron chi connectivity index (χ4n) is 2.94. The number of thiophene rings is 1. The maximum atomic E-state index is 13.4. The van der Waals surface area contributed by atoms with Crippen molar-refractivity contribution in [3.8, 4) is 0 Å². The van der Waals surface area contributed by atoms with Gasteiger partial charge in [-0.3, -0.25) is 0 Å². The molecule has 9 heteroatoms. The summed E-state index contributed by atoms with van der Waals surface area (Å²) in [6, 6.07) is 8.58. The van der Waals surface area contributed by atoms with Gasteiger partial charge >= 0.3 is 0 Å². The van der Waals surface area contributed by atoms with Gasteiger partial charge in [-0.25, -0.2) is 17.8 Å². The van der Waals surface area contributed by atoms with Crippen molar-refractivity contribution in [1.29, 1.82) is 0 Å². The average molecular weight is 414 g/mol. The molecule has 1 aliphatic rings. The molecule has 0 atom stereocenters. The predicted octanol–water partition coefficient (Wildman–Crippen LogP) is 3.10. The Morgan fingerprint density at radius 1 is 1.15 bits per heavy atom. The Kier molecular flexibility index (Phi) is 5.47. The third-order valence-electron chi connectivity index (χ3n) is 4.19. The Balaban J connectivity index is 0.00000196. The lowest BCUT2D eigenvalue weighted by Crippen LogP contribution is -2.43. The van der Waals surface area contributed by atoms with Gasteiger partial charge < -0.3 is 10.2 Å². The lowest BCUT2D eigenvalue weighted by molar-refractivity contribution is 0.586. The van der Waals surface area contributed by atoms with Crippen molar-refractivity contribution in [2.24, 2.45) is 0 Å². The first-order chi connectivity index (χ1) is 12.1. The number of pyridine rings is 1. The van der Waals surface area contributed by atoms with Crippen LogP contribution in [0.25, 0.3) is 10.1 Å². The number of hydrogen-bond donors (Lipinski definition) is 1. The first-order valence-corrected chi connectivity index (χ1v) is 10.2. The van der Waals surface area contributed by atoms with E-state index in [0.717, 1.165) is 48.1 Å². The van der Waals surface area contributed by atoms with Gasteiger partial charge in [0.25, 0.3) is 0 Å². The Labute approximate surface area is 161 Å². The quantitative estimate of drug-likeness (QED) is 0.714. The Morgan fingerprint density at radius 2 is 1.92 bits per heavy atom. The number of piperazine rings is 1. The molecule has 1 saturated heterocycles. The van der Waals surface area contributed by atoms with Crippen LogP contribution in [0.4, 0.5) is 10.2 Å². The summed E-state index contributed by atoms with van der Waals surface area (Å²) in [5.74, 6) is 0.237. The number of sulfone groups is 1. The van der Waals surface area contributed by atoms with Crippen LogP contribution in [0.2, 0.25) is 0 Å². The number of rotatable bonds is 3. The zero-order valence-corrected chi connectivity index (χ0v) is 16.1.